The zero-order valence-corrected chi connectivity index (χ0v) is 16.1. The quantitative estimate of drug-likeness (QED) is 0.533. The monoisotopic (exact) mass is 443 g/mol. The molecule has 3 aromatic carbocycles. The van der Waals surface area contributed by atoms with Gasteiger partial charge in [0.1, 0.15) is 11.6 Å². The summed E-state index contributed by atoms with van der Waals surface area (Å²) in [5.74, 6) is -1.18. The molecule has 142 valence electrons. The number of rotatable bonds is 6. The van der Waals surface area contributed by atoms with E-state index in [9.17, 15) is 14.0 Å². The van der Waals surface area contributed by atoms with E-state index in [1.807, 2.05) is 18.2 Å². The van der Waals surface area contributed by atoms with Gasteiger partial charge < -0.3 is 14.8 Å². The third-order valence-corrected chi connectivity index (χ3v) is 4.11. The van der Waals surface area contributed by atoms with E-state index in [0.717, 1.165) is 6.07 Å². The van der Waals surface area contributed by atoms with Crippen LogP contribution in [0.3, 0.4) is 0 Å². The highest BCUT2D eigenvalue weighted by Crippen LogP contribution is 2.29. The number of hydrogen-bond donors (Lipinski definition) is 1. The molecular weight excluding hydrogens is 429 g/mol. The van der Waals surface area contributed by atoms with E-state index < -0.39 is 24.3 Å². The molecule has 7 heteroatoms. The molecule has 0 aliphatic rings. The average molecular weight is 444 g/mol. The molecule has 3 rings (SSSR count). The van der Waals surface area contributed by atoms with Gasteiger partial charge in [-0.3, -0.25) is 4.79 Å². The van der Waals surface area contributed by atoms with Gasteiger partial charge in [-0.2, -0.15) is 0 Å². The summed E-state index contributed by atoms with van der Waals surface area (Å²) in [5, 5.41) is 2.62. The molecule has 0 saturated carbocycles. The van der Waals surface area contributed by atoms with Crippen LogP contribution in [-0.2, 0) is 9.53 Å². The second-order valence-corrected chi connectivity index (χ2v) is 6.58. The van der Waals surface area contributed by atoms with Crippen LogP contribution < -0.4 is 10.1 Å². The molecule has 0 aliphatic heterocycles. The first-order chi connectivity index (χ1) is 13.5. The predicted octanol–water partition coefficient (Wildman–Crippen LogP) is 5.18. The third kappa shape index (κ3) is 5.17. The molecule has 0 radical (unpaired) electrons. The molecule has 1 amide bonds. The maximum Gasteiger partial charge on any atom is 0.341 e. The van der Waals surface area contributed by atoms with Crippen LogP contribution in [0.5, 0.6) is 11.5 Å². The Kier molecular flexibility index (Phi) is 6.39. The van der Waals surface area contributed by atoms with Gasteiger partial charge in [0.05, 0.1) is 11.3 Å². The Morgan fingerprint density at radius 2 is 1.68 bits per heavy atom. The summed E-state index contributed by atoms with van der Waals surface area (Å²) >= 11 is 3.16. The van der Waals surface area contributed by atoms with E-state index in [-0.39, 0.29) is 5.56 Å². The summed E-state index contributed by atoms with van der Waals surface area (Å²) in [6.07, 6.45) is 0. The maximum atomic E-state index is 13.7. The van der Waals surface area contributed by atoms with E-state index in [2.05, 4.69) is 21.2 Å². The van der Waals surface area contributed by atoms with Gasteiger partial charge in [-0.1, -0.05) is 46.3 Å². The Bertz CT molecular complexity index is 995. The Morgan fingerprint density at radius 3 is 2.46 bits per heavy atom. The molecule has 0 unspecified atom stereocenters. The van der Waals surface area contributed by atoms with Crippen LogP contribution in [0.15, 0.2) is 77.3 Å². The highest BCUT2D eigenvalue weighted by atomic mass is 79.9. The van der Waals surface area contributed by atoms with Crippen molar-refractivity contribution in [2.75, 3.05) is 11.9 Å². The van der Waals surface area contributed by atoms with Crippen molar-refractivity contribution >= 4 is 33.5 Å². The molecule has 0 saturated heterocycles. The number of anilines is 1. The molecule has 0 fully saturated rings. The summed E-state index contributed by atoms with van der Waals surface area (Å²) < 4.78 is 24.9. The second-order valence-electron chi connectivity index (χ2n) is 5.66. The van der Waals surface area contributed by atoms with Crippen LogP contribution in [0, 0.1) is 5.82 Å². The van der Waals surface area contributed by atoms with Crippen molar-refractivity contribution in [3.05, 3.63) is 88.6 Å². The van der Waals surface area contributed by atoms with Crippen molar-refractivity contribution < 1.29 is 23.5 Å². The fourth-order valence-electron chi connectivity index (χ4n) is 2.32. The molecule has 5 nitrogen and oxygen atoms in total. The molecule has 0 bridgehead atoms. The third-order valence-electron chi connectivity index (χ3n) is 3.61. The Labute approximate surface area is 169 Å². The zero-order valence-electron chi connectivity index (χ0n) is 14.5. The van der Waals surface area contributed by atoms with Crippen LogP contribution in [-0.4, -0.2) is 18.5 Å². The van der Waals surface area contributed by atoms with Crippen LogP contribution in [0.2, 0.25) is 0 Å². The van der Waals surface area contributed by atoms with Gasteiger partial charge in [0.15, 0.2) is 12.4 Å². The van der Waals surface area contributed by atoms with Crippen LogP contribution in [0.1, 0.15) is 10.4 Å². The fraction of sp³-hybridized carbons (Fsp3) is 0.0476. The minimum atomic E-state index is -0.928. The lowest BCUT2D eigenvalue weighted by molar-refractivity contribution is -0.119. The second kappa shape index (κ2) is 9.14. The van der Waals surface area contributed by atoms with E-state index >= 15 is 0 Å². The lowest BCUT2D eigenvalue weighted by Gasteiger charge is -2.12. The van der Waals surface area contributed by atoms with Gasteiger partial charge >= 0.3 is 5.97 Å². The van der Waals surface area contributed by atoms with Crippen molar-refractivity contribution in [2.45, 2.75) is 0 Å². The molecule has 0 aromatic heterocycles. The Balaban J connectivity index is 1.62. The van der Waals surface area contributed by atoms with Crippen LogP contribution in [0.4, 0.5) is 10.1 Å². The minimum absolute atomic E-state index is 0.255. The number of carbonyl (C=O) groups excluding carboxylic acids is 2. The highest BCUT2D eigenvalue weighted by molar-refractivity contribution is 9.10. The first-order valence-corrected chi connectivity index (χ1v) is 9.06. The number of amides is 1. The number of carbonyl (C=O) groups is 2. The molecule has 0 aliphatic carbocycles. The zero-order chi connectivity index (χ0) is 19.9. The highest BCUT2D eigenvalue weighted by Gasteiger charge is 2.16. The smallest absolute Gasteiger partial charge is 0.341 e. The summed E-state index contributed by atoms with van der Waals surface area (Å²) in [7, 11) is 0. The van der Waals surface area contributed by atoms with Crippen LogP contribution >= 0.6 is 15.9 Å². The van der Waals surface area contributed by atoms with E-state index in [1.54, 1.807) is 36.4 Å². The number of benzene rings is 3. The first-order valence-electron chi connectivity index (χ1n) is 8.27. The summed E-state index contributed by atoms with van der Waals surface area (Å²) in [5.41, 5.74) is 0.163. The molecule has 0 heterocycles. The maximum absolute atomic E-state index is 13.7. The Morgan fingerprint density at radius 1 is 0.964 bits per heavy atom. The van der Waals surface area contributed by atoms with Crippen molar-refractivity contribution in [1.29, 1.82) is 0 Å². The number of nitrogens with one attached hydrogen (secondary N) is 1. The van der Waals surface area contributed by atoms with Crippen molar-refractivity contribution in [2.24, 2.45) is 0 Å². The summed E-state index contributed by atoms with van der Waals surface area (Å²) in [6, 6.07) is 19.8. The molecular formula is C21H15BrFNO4. The SMILES string of the molecule is O=C(COC(=O)c1cc(Br)ccc1F)Nc1ccccc1Oc1ccccc1. The van der Waals surface area contributed by atoms with E-state index in [4.69, 9.17) is 9.47 Å². The number of hydrogen-bond acceptors (Lipinski definition) is 4. The molecule has 0 atom stereocenters. The van der Waals surface area contributed by atoms with Crippen molar-refractivity contribution in [3.8, 4) is 11.5 Å². The number of para-hydroxylation sites is 3. The van der Waals surface area contributed by atoms with Gasteiger partial charge in [0.2, 0.25) is 0 Å². The van der Waals surface area contributed by atoms with Gasteiger partial charge in [-0.25, -0.2) is 9.18 Å². The summed E-state index contributed by atoms with van der Waals surface area (Å²) in [6.45, 7) is -0.565. The van der Waals surface area contributed by atoms with E-state index in [0.29, 0.717) is 21.7 Å². The minimum Gasteiger partial charge on any atom is -0.455 e. The number of ether oxygens (including phenoxy) is 2. The number of esters is 1. The van der Waals surface area contributed by atoms with Crippen molar-refractivity contribution in [1.82, 2.24) is 0 Å². The van der Waals surface area contributed by atoms with Gasteiger partial charge in [0, 0.05) is 4.47 Å². The first kappa shape index (κ1) is 19.6. The predicted molar refractivity (Wildman–Crippen MR) is 106 cm³/mol. The van der Waals surface area contributed by atoms with Gasteiger partial charge in [0.25, 0.3) is 5.91 Å². The fourth-order valence-corrected chi connectivity index (χ4v) is 2.68. The normalized spacial score (nSPS) is 10.2. The topological polar surface area (TPSA) is 64.6 Å². The standard InChI is InChI=1S/C21H15BrFNO4/c22-14-10-11-17(23)16(12-14)21(26)27-13-20(25)24-18-8-4-5-9-19(18)28-15-6-2-1-3-7-15/h1-12H,13H2,(H,24,25). The van der Waals surface area contributed by atoms with E-state index in [1.165, 1.54) is 12.1 Å². The molecule has 0 spiro atoms. The van der Waals surface area contributed by atoms with Crippen LogP contribution in [0.25, 0.3) is 0 Å². The van der Waals surface area contributed by atoms with Crippen molar-refractivity contribution in [3.63, 3.8) is 0 Å². The Hall–Kier alpha value is -3.19. The molecule has 28 heavy (non-hydrogen) atoms. The average Bonchev–Trinajstić information content (AvgIpc) is 2.70. The van der Waals surface area contributed by atoms with Gasteiger partial charge in [-0.05, 0) is 42.5 Å². The van der Waals surface area contributed by atoms with Gasteiger partial charge in [-0.15, -0.1) is 0 Å². The molecule has 1 N–H and O–H groups in total. The largest absolute Gasteiger partial charge is 0.455 e. The molecule has 3 aromatic rings. The number of halogens is 2. The lowest BCUT2D eigenvalue weighted by Crippen LogP contribution is -2.21. The summed E-state index contributed by atoms with van der Waals surface area (Å²) in [4.78, 5) is 24.2. The lowest BCUT2D eigenvalue weighted by atomic mass is 10.2.